The van der Waals surface area contributed by atoms with E-state index in [0.29, 0.717) is 19.4 Å². The third kappa shape index (κ3) is 35.9. The van der Waals surface area contributed by atoms with Crippen molar-refractivity contribution in [3.63, 3.8) is 0 Å². The Morgan fingerprint density at radius 1 is 0.569 bits per heavy atom. The van der Waals surface area contributed by atoms with Crippen molar-refractivity contribution in [2.45, 2.75) is 218 Å². The first-order valence-electron chi connectivity index (χ1n) is 20.5. The summed E-state index contributed by atoms with van der Waals surface area (Å²) in [6, 6.07) is 1.05. The summed E-state index contributed by atoms with van der Waals surface area (Å²) in [5, 5.41) is 0. The molecule has 0 aliphatic carbocycles. The van der Waals surface area contributed by atoms with Crippen molar-refractivity contribution < 1.29 is 49.5 Å². The number of halogens is 6. The topological polar surface area (TPSA) is 54.0 Å². The summed E-state index contributed by atoms with van der Waals surface area (Å²) in [6.07, 6.45) is 21.7. The number of rotatable bonds is 37. The second-order valence-corrected chi connectivity index (χ2v) is 17.8. The lowest BCUT2D eigenvalue weighted by atomic mass is 10.0. The summed E-state index contributed by atoms with van der Waals surface area (Å²) >= 11 is 0. The first kappa shape index (κ1) is 50.1. The predicted octanol–water partition coefficient (Wildman–Crippen LogP) is 13.7. The van der Waals surface area contributed by atoms with Crippen LogP contribution in [0.5, 0.6) is 0 Å². The van der Waals surface area contributed by atoms with Crippen molar-refractivity contribution in [2.24, 2.45) is 0 Å². The van der Waals surface area contributed by atoms with Crippen LogP contribution in [-0.2, 0) is 23.1 Å². The first-order chi connectivity index (χ1) is 24.3. The molecule has 0 radical (unpaired) electrons. The number of unbranched alkanes of at least 4 members (excludes halogenated alkanes) is 24. The molecule has 5 nitrogen and oxygen atoms in total. The molecule has 0 aromatic rings. The highest BCUT2D eigenvalue weighted by Gasteiger charge is 2.40. The van der Waals surface area contributed by atoms with Gasteiger partial charge in [0.1, 0.15) is 6.61 Å². The SMILES string of the molecule is CCO[Si](C)(CCCCCCCCCCCCCCCOC(=O)C(F)(F)F)OC(C)CCCCCCCCCCCCCCCOCC(F)(F)F. The second kappa shape index (κ2) is 32.6. The van der Waals surface area contributed by atoms with Gasteiger partial charge in [0.15, 0.2) is 0 Å². The molecular weight excluding hydrogens is 690 g/mol. The normalized spacial score (nSPS) is 14.1. The van der Waals surface area contributed by atoms with E-state index in [1.807, 2.05) is 0 Å². The molecule has 0 saturated heterocycles. The minimum atomic E-state index is -4.90. The van der Waals surface area contributed by atoms with Crippen LogP contribution in [0.2, 0.25) is 12.6 Å². The Balaban J connectivity index is 3.62. The molecule has 0 fully saturated rings. The molecule has 2 atom stereocenters. The zero-order valence-electron chi connectivity index (χ0n) is 32.5. The highest BCUT2D eigenvalue weighted by molar-refractivity contribution is 6.66. The standard InChI is InChI=1S/C39H74F6O5Si/c1-4-49-51(3,34-30-26-22-18-14-10-6-9-13-17-21-25-29-33-48-37(46)39(43,44)45)50-36(2)31-27-23-19-15-11-7-5-8-12-16-20-24-28-32-47-35-38(40,41)42/h36H,4-35H2,1-3H3. The van der Waals surface area contributed by atoms with E-state index in [1.54, 1.807) is 0 Å². The van der Waals surface area contributed by atoms with Gasteiger partial charge in [-0.1, -0.05) is 154 Å². The van der Waals surface area contributed by atoms with E-state index in [9.17, 15) is 31.1 Å². The van der Waals surface area contributed by atoms with E-state index in [0.717, 1.165) is 63.8 Å². The van der Waals surface area contributed by atoms with Crippen molar-refractivity contribution in [3.8, 4) is 0 Å². The number of esters is 1. The Bertz CT molecular complexity index is 786. The lowest BCUT2D eigenvalue weighted by Gasteiger charge is -2.30. The molecule has 12 heteroatoms. The van der Waals surface area contributed by atoms with E-state index < -0.39 is 33.5 Å². The summed E-state index contributed by atoms with van der Waals surface area (Å²) in [4.78, 5) is 10.6. The van der Waals surface area contributed by atoms with Crippen LogP contribution in [0, 0.1) is 0 Å². The Morgan fingerprint density at radius 3 is 1.33 bits per heavy atom. The maximum Gasteiger partial charge on any atom is 0.490 e. The van der Waals surface area contributed by atoms with E-state index in [-0.39, 0.29) is 19.3 Å². The van der Waals surface area contributed by atoms with Crippen LogP contribution in [-0.4, -0.2) is 59.4 Å². The van der Waals surface area contributed by atoms with E-state index in [2.05, 4.69) is 29.9 Å². The maximum absolute atomic E-state index is 12.1. The van der Waals surface area contributed by atoms with E-state index >= 15 is 0 Å². The Morgan fingerprint density at radius 2 is 0.941 bits per heavy atom. The quantitative estimate of drug-likeness (QED) is 0.0273. The number of alkyl halides is 6. The van der Waals surface area contributed by atoms with Gasteiger partial charge >= 0.3 is 26.9 Å². The fraction of sp³-hybridized carbons (Fsp3) is 0.974. The zero-order valence-corrected chi connectivity index (χ0v) is 33.5. The molecule has 0 heterocycles. The number of hydrogen-bond donors (Lipinski definition) is 0. The summed E-state index contributed by atoms with van der Waals surface area (Å²) in [7, 11) is -2.16. The average molecular weight is 765 g/mol. The first-order valence-corrected chi connectivity index (χ1v) is 23.0. The minimum absolute atomic E-state index is 0.157. The van der Waals surface area contributed by atoms with Crippen molar-refractivity contribution in [3.05, 3.63) is 0 Å². The minimum Gasteiger partial charge on any atom is -0.459 e. The number of ether oxygens (including phenoxy) is 2. The van der Waals surface area contributed by atoms with Gasteiger partial charge in [-0.25, -0.2) is 4.79 Å². The molecule has 2 unspecified atom stereocenters. The molecule has 0 N–H and O–H groups in total. The smallest absolute Gasteiger partial charge is 0.459 e. The van der Waals surface area contributed by atoms with Gasteiger partial charge in [0.25, 0.3) is 0 Å². The molecule has 51 heavy (non-hydrogen) atoms. The van der Waals surface area contributed by atoms with Crippen LogP contribution < -0.4 is 0 Å². The van der Waals surface area contributed by atoms with Gasteiger partial charge in [0, 0.05) is 19.3 Å². The van der Waals surface area contributed by atoms with Gasteiger partial charge < -0.3 is 18.3 Å². The van der Waals surface area contributed by atoms with Gasteiger partial charge in [-0.05, 0) is 45.7 Å². The maximum atomic E-state index is 12.1. The van der Waals surface area contributed by atoms with Crippen molar-refractivity contribution in [2.75, 3.05) is 26.4 Å². The zero-order chi connectivity index (χ0) is 38.1. The molecule has 0 amide bonds. The predicted molar refractivity (Wildman–Crippen MR) is 197 cm³/mol. The highest BCUT2D eigenvalue weighted by atomic mass is 28.4. The van der Waals surface area contributed by atoms with Crippen LogP contribution >= 0.6 is 0 Å². The van der Waals surface area contributed by atoms with Gasteiger partial charge in [0.05, 0.1) is 6.61 Å². The van der Waals surface area contributed by atoms with Gasteiger partial charge in [-0.3, -0.25) is 0 Å². The number of carbonyl (C=O) groups excluding carboxylic acids is 1. The monoisotopic (exact) mass is 765 g/mol. The summed E-state index contributed by atoms with van der Waals surface area (Å²) < 4.78 is 93.9. The van der Waals surface area contributed by atoms with E-state index in [4.69, 9.17) is 8.85 Å². The molecule has 0 aliphatic heterocycles. The fourth-order valence-electron chi connectivity index (χ4n) is 6.46. The Kier molecular flexibility index (Phi) is 32.0. The largest absolute Gasteiger partial charge is 0.490 e. The van der Waals surface area contributed by atoms with Gasteiger partial charge in [-0.15, -0.1) is 0 Å². The molecule has 0 rings (SSSR count). The molecule has 0 aromatic carbocycles. The molecule has 0 spiro atoms. The molecule has 0 saturated carbocycles. The van der Waals surface area contributed by atoms with Gasteiger partial charge in [0.2, 0.25) is 0 Å². The van der Waals surface area contributed by atoms with Crippen LogP contribution in [0.3, 0.4) is 0 Å². The Hall–Kier alpha value is -0.853. The average Bonchev–Trinajstić information content (AvgIpc) is 3.05. The van der Waals surface area contributed by atoms with Crippen molar-refractivity contribution >= 4 is 14.5 Å². The lowest BCUT2D eigenvalue weighted by molar-refractivity contribution is -0.199. The van der Waals surface area contributed by atoms with Crippen LogP contribution in [0.1, 0.15) is 187 Å². The lowest BCUT2D eigenvalue weighted by Crippen LogP contribution is -2.41. The second-order valence-electron chi connectivity index (χ2n) is 14.5. The Labute approximate surface area is 308 Å². The van der Waals surface area contributed by atoms with Gasteiger partial charge in [-0.2, -0.15) is 26.3 Å². The molecule has 0 bridgehead atoms. The number of hydrogen-bond acceptors (Lipinski definition) is 5. The molecule has 306 valence electrons. The van der Waals surface area contributed by atoms with Crippen LogP contribution in [0.25, 0.3) is 0 Å². The molecule has 0 aliphatic rings. The number of carbonyl (C=O) groups is 1. The molecule has 0 aromatic heterocycles. The fourth-order valence-corrected chi connectivity index (χ4v) is 9.26. The third-order valence-electron chi connectivity index (χ3n) is 9.31. The van der Waals surface area contributed by atoms with E-state index in [1.165, 1.54) is 103 Å². The molecular formula is C39H74F6O5Si. The summed E-state index contributed by atoms with van der Waals surface area (Å²) in [6.45, 7) is 6.11. The summed E-state index contributed by atoms with van der Waals surface area (Å²) in [5.41, 5.74) is 0. The third-order valence-corrected chi connectivity index (χ3v) is 12.4. The highest BCUT2D eigenvalue weighted by Crippen LogP contribution is 2.23. The van der Waals surface area contributed by atoms with Crippen molar-refractivity contribution in [1.29, 1.82) is 0 Å². The van der Waals surface area contributed by atoms with Crippen LogP contribution in [0.15, 0.2) is 0 Å². The van der Waals surface area contributed by atoms with Crippen LogP contribution in [0.4, 0.5) is 26.3 Å². The van der Waals surface area contributed by atoms with Crippen molar-refractivity contribution in [1.82, 2.24) is 0 Å². The summed E-state index contributed by atoms with van der Waals surface area (Å²) in [5.74, 6) is -2.09.